The third-order valence-corrected chi connectivity index (χ3v) is 5.22. The first-order valence-corrected chi connectivity index (χ1v) is 8.46. The third-order valence-electron chi connectivity index (χ3n) is 3.40. The van der Waals surface area contributed by atoms with Crippen LogP contribution in [0, 0.1) is 0 Å². The summed E-state index contributed by atoms with van der Waals surface area (Å²) in [6.45, 7) is 0.439. The Hall–Kier alpha value is -1.56. The van der Waals surface area contributed by atoms with E-state index in [4.69, 9.17) is 5.73 Å². The van der Waals surface area contributed by atoms with Crippen molar-refractivity contribution in [2.75, 3.05) is 19.3 Å². The number of aliphatic imine (C=N–C) groups is 1. The van der Waals surface area contributed by atoms with Crippen molar-refractivity contribution >= 4 is 15.8 Å². The van der Waals surface area contributed by atoms with Crippen LogP contribution in [0.3, 0.4) is 0 Å². The monoisotopic (exact) mass is 295 g/mol. The molecule has 0 radical (unpaired) electrons. The molecule has 1 saturated carbocycles. The van der Waals surface area contributed by atoms with Gasteiger partial charge in [0.25, 0.3) is 0 Å². The number of hydrogen-bond donors (Lipinski definition) is 1. The van der Waals surface area contributed by atoms with E-state index in [1.54, 1.807) is 30.3 Å². The first-order chi connectivity index (χ1) is 9.50. The molecular weight excluding hydrogens is 274 g/mol. The van der Waals surface area contributed by atoms with Gasteiger partial charge in [0.15, 0.2) is 15.8 Å². The molecule has 1 aliphatic rings. The molecular formula is C14H21N3O2S. The van der Waals surface area contributed by atoms with Crippen LogP contribution in [-0.2, 0) is 9.84 Å². The molecule has 0 amide bonds. The van der Waals surface area contributed by atoms with E-state index in [0.29, 0.717) is 29.9 Å². The molecule has 5 nitrogen and oxygen atoms in total. The second-order valence-corrected chi connectivity index (χ2v) is 7.18. The van der Waals surface area contributed by atoms with Crippen molar-refractivity contribution in [3.63, 3.8) is 0 Å². The summed E-state index contributed by atoms with van der Waals surface area (Å²) in [4.78, 5) is 6.57. The molecule has 110 valence electrons. The summed E-state index contributed by atoms with van der Waals surface area (Å²) >= 11 is 0. The van der Waals surface area contributed by atoms with E-state index in [1.165, 1.54) is 0 Å². The Bertz CT molecular complexity index is 565. The fourth-order valence-corrected chi connectivity index (χ4v) is 3.27. The van der Waals surface area contributed by atoms with Crippen LogP contribution >= 0.6 is 0 Å². The van der Waals surface area contributed by atoms with Crippen molar-refractivity contribution in [3.8, 4) is 0 Å². The number of nitrogens with zero attached hydrogens (tertiary/aromatic N) is 2. The number of hydrogen-bond acceptors (Lipinski definition) is 3. The van der Waals surface area contributed by atoms with Gasteiger partial charge in [-0.1, -0.05) is 18.2 Å². The van der Waals surface area contributed by atoms with Crippen molar-refractivity contribution in [2.24, 2.45) is 10.7 Å². The predicted octanol–water partition coefficient (Wildman–Crippen LogP) is 1.26. The van der Waals surface area contributed by atoms with E-state index >= 15 is 0 Å². The van der Waals surface area contributed by atoms with E-state index < -0.39 is 9.84 Å². The van der Waals surface area contributed by atoms with Gasteiger partial charge in [0.05, 0.1) is 10.6 Å². The Labute approximate surface area is 120 Å². The lowest BCUT2D eigenvalue weighted by molar-refractivity contribution is 0.487. The van der Waals surface area contributed by atoms with Gasteiger partial charge >= 0.3 is 0 Å². The number of nitrogens with two attached hydrogens (primary N) is 1. The molecule has 0 atom stereocenters. The Balaban J connectivity index is 1.82. The van der Waals surface area contributed by atoms with E-state index in [2.05, 4.69) is 4.99 Å². The first-order valence-electron chi connectivity index (χ1n) is 6.81. The second-order valence-electron chi connectivity index (χ2n) is 5.07. The molecule has 1 fully saturated rings. The zero-order chi connectivity index (χ0) is 14.6. The summed E-state index contributed by atoms with van der Waals surface area (Å²) in [5.41, 5.74) is 5.85. The fourth-order valence-electron chi connectivity index (χ4n) is 1.95. The van der Waals surface area contributed by atoms with E-state index in [1.807, 2.05) is 11.9 Å². The van der Waals surface area contributed by atoms with Crippen LogP contribution < -0.4 is 5.73 Å². The lowest BCUT2D eigenvalue weighted by Crippen LogP contribution is -2.35. The smallest absolute Gasteiger partial charge is 0.191 e. The van der Waals surface area contributed by atoms with Crippen LogP contribution in [0.5, 0.6) is 0 Å². The van der Waals surface area contributed by atoms with Crippen molar-refractivity contribution in [1.29, 1.82) is 0 Å². The Kier molecular flexibility index (Phi) is 4.65. The summed E-state index contributed by atoms with van der Waals surface area (Å²) in [5.74, 6) is 0.602. The lowest BCUT2D eigenvalue weighted by atomic mass is 10.4. The highest BCUT2D eigenvalue weighted by Gasteiger charge is 2.27. The molecule has 20 heavy (non-hydrogen) atoms. The minimum Gasteiger partial charge on any atom is -0.370 e. The topological polar surface area (TPSA) is 75.8 Å². The molecule has 0 aromatic heterocycles. The minimum atomic E-state index is -3.21. The van der Waals surface area contributed by atoms with Crippen LogP contribution in [0.25, 0.3) is 0 Å². The first kappa shape index (κ1) is 14.8. The van der Waals surface area contributed by atoms with Gasteiger partial charge in [-0.2, -0.15) is 0 Å². The van der Waals surface area contributed by atoms with Gasteiger partial charge in [-0.05, 0) is 31.4 Å². The zero-order valence-electron chi connectivity index (χ0n) is 11.7. The molecule has 0 aliphatic heterocycles. The second kappa shape index (κ2) is 6.26. The van der Waals surface area contributed by atoms with Crippen molar-refractivity contribution in [3.05, 3.63) is 30.3 Å². The quantitative estimate of drug-likeness (QED) is 0.487. The molecule has 0 spiro atoms. The Morgan fingerprint density at radius 2 is 2.00 bits per heavy atom. The normalized spacial score (nSPS) is 16.1. The van der Waals surface area contributed by atoms with E-state index in [9.17, 15) is 8.42 Å². The Morgan fingerprint density at radius 1 is 1.35 bits per heavy atom. The molecule has 1 aliphatic carbocycles. The third kappa shape index (κ3) is 3.96. The maximum atomic E-state index is 12.0. The van der Waals surface area contributed by atoms with Gasteiger partial charge < -0.3 is 10.6 Å². The van der Waals surface area contributed by atoms with Crippen molar-refractivity contribution in [2.45, 2.75) is 30.2 Å². The molecule has 0 saturated heterocycles. The van der Waals surface area contributed by atoms with E-state index in [-0.39, 0.29) is 5.75 Å². The SMILES string of the molecule is CN(C(N)=NCCCS(=O)(=O)c1ccccc1)C1CC1. The van der Waals surface area contributed by atoms with E-state index in [0.717, 1.165) is 12.8 Å². The maximum absolute atomic E-state index is 12.0. The number of benzene rings is 1. The highest BCUT2D eigenvalue weighted by atomic mass is 32.2. The molecule has 1 aromatic rings. The molecule has 0 bridgehead atoms. The van der Waals surface area contributed by atoms with Gasteiger partial charge in [0, 0.05) is 19.6 Å². The average Bonchev–Trinajstić information content (AvgIpc) is 3.28. The van der Waals surface area contributed by atoms with Crippen molar-refractivity contribution in [1.82, 2.24) is 4.90 Å². The van der Waals surface area contributed by atoms with Gasteiger partial charge in [0.1, 0.15) is 0 Å². The van der Waals surface area contributed by atoms with Crippen LogP contribution in [0.2, 0.25) is 0 Å². The molecule has 6 heteroatoms. The van der Waals surface area contributed by atoms with Crippen LogP contribution in [0.1, 0.15) is 19.3 Å². The van der Waals surface area contributed by atoms with Gasteiger partial charge in [0.2, 0.25) is 0 Å². The molecule has 0 heterocycles. The largest absolute Gasteiger partial charge is 0.370 e. The highest BCUT2D eigenvalue weighted by molar-refractivity contribution is 7.91. The van der Waals surface area contributed by atoms with Crippen LogP contribution in [0.4, 0.5) is 0 Å². The maximum Gasteiger partial charge on any atom is 0.191 e. The summed E-state index contributed by atoms with van der Waals surface area (Å²) in [6, 6.07) is 9.02. The Morgan fingerprint density at radius 3 is 2.60 bits per heavy atom. The number of sulfone groups is 1. The van der Waals surface area contributed by atoms with Gasteiger partial charge in [-0.3, -0.25) is 4.99 Å². The minimum absolute atomic E-state index is 0.0982. The predicted molar refractivity (Wildman–Crippen MR) is 80.4 cm³/mol. The van der Waals surface area contributed by atoms with Crippen LogP contribution in [0.15, 0.2) is 40.2 Å². The van der Waals surface area contributed by atoms with Gasteiger partial charge in [-0.25, -0.2) is 8.42 Å². The summed E-state index contributed by atoms with van der Waals surface area (Å²) in [7, 11) is -1.28. The summed E-state index contributed by atoms with van der Waals surface area (Å²) in [6.07, 6.45) is 2.81. The molecule has 2 rings (SSSR count). The van der Waals surface area contributed by atoms with Gasteiger partial charge in [-0.15, -0.1) is 0 Å². The molecule has 1 aromatic carbocycles. The lowest BCUT2D eigenvalue weighted by Gasteiger charge is -2.16. The summed E-state index contributed by atoms with van der Waals surface area (Å²) < 4.78 is 24.1. The summed E-state index contributed by atoms with van der Waals surface area (Å²) in [5, 5.41) is 0. The standard InChI is InChI=1S/C14H21N3O2S/c1-17(12-8-9-12)14(15)16-10-5-11-20(18,19)13-6-3-2-4-7-13/h2-4,6-7,12H,5,8-11H2,1H3,(H2,15,16). The molecule has 0 unspecified atom stereocenters. The number of rotatable bonds is 6. The highest BCUT2D eigenvalue weighted by Crippen LogP contribution is 2.24. The zero-order valence-corrected chi connectivity index (χ0v) is 12.5. The molecule has 2 N–H and O–H groups in total. The van der Waals surface area contributed by atoms with Crippen molar-refractivity contribution < 1.29 is 8.42 Å². The fraction of sp³-hybridized carbons (Fsp3) is 0.500. The van der Waals surface area contributed by atoms with Crippen LogP contribution in [-0.4, -0.2) is 44.7 Å². The number of guanidine groups is 1. The average molecular weight is 295 g/mol.